The molecule has 1 N–H and O–H groups in total. The first-order chi connectivity index (χ1) is 16.8. The summed E-state index contributed by atoms with van der Waals surface area (Å²) in [4.78, 5) is 24.2. The van der Waals surface area contributed by atoms with Gasteiger partial charge in [-0.05, 0) is 34.4 Å². The molecule has 180 valence electrons. The van der Waals surface area contributed by atoms with E-state index in [9.17, 15) is 18.0 Å². The first-order valence-electron chi connectivity index (χ1n) is 10.7. The third kappa shape index (κ3) is 4.50. The van der Waals surface area contributed by atoms with Crippen molar-refractivity contribution < 1.29 is 27.5 Å². The predicted molar refractivity (Wildman–Crippen MR) is 131 cm³/mol. The Morgan fingerprint density at radius 3 is 2.09 bits per heavy atom. The third-order valence-corrected chi connectivity index (χ3v) is 7.76. The number of rotatable bonds is 7. The van der Waals surface area contributed by atoms with Crippen LogP contribution in [0.3, 0.4) is 0 Å². The van der Waals surface area contributed by atoms with Crippen LogP contribution in [0.5, 0.6) is 0 Å². The van der Waals surface area contributed by atoms with Crippen molar-refractivity contribution >= 4 is 27.8 Å². The van der Waals surface area contributed by atoms with E-state index in [1.54, 1.807) is 6.07 Å². The lowest BCUT2D eigenvalue weighted by molar-refractivity contribution is -0.137. The van der Waals surface area contributed by atoms with Gasteiger partial charge in [-0.3, -0.25) is 9.62 Å². The molecule has 4 rings (SSSR count). The monoisotopic (exact) mass is 492 g/mol. The summed E-state index contributed by atoms with van der Waals surface area (Å²) in [6.45, 7) is 3.56. The molecule has 0 saturated carbocycles. The van der Waals surface area contributed by atoms with Crippen LogP contribution in [0.1, 0.15) is 17.0 Å². The summed E-state index contributed by atoms with van der Waals surface area (Å²) >= 11 is 0. The average Bonchev–Trinajstić information content (AvgIpc) is 3.20. The van der Waals surface area contributed by atoms with Gasteiger partial charge in [0, 0.05) is 13.0 Å². The highest BCUT2D eigenvalue weighted by Gasteiger charge is 2.31. The maximum atomic E-state index is 13.1. The minimum Gasteiger partial charge on any atom is -0.464 e. The predicted octanol–water partition coefficient (Wildman–Crippen LogP) is 4.35. The van der Waals surface area contributed by atoms with Crippen LogP contribution < -0.4 is 5.32 Å². The molecule has 3 aromatic rings. The minimum atomic E-state index is -4.22. The van der Waals surface area contributed by atoms with Gasteiger partial charge in [0.2, 0.25) is 0 Å². The number of anilines is 1. The van der Waals surface area contributed by atoms with Crippen LogP contribution >= 0.6 is 0 Å². The van der Waals surface area contributed by atoms with Crippen LogP contribution in [0.4, 0.5) is 10.5 Å². The Balaban J connectivity index is 1.52. The second-order valence-electron chi connectivity index (χ2n) is 7.86. The quantitative estimate of drug-likeness (QED) is 0.389. The van der Waals surface area contributed by atoms with Crippen molar-refractivity contribution in [3.05, 3.63) is 96.2 Å². The topological polar surface area (TPSA) is 102 Å². The first kappa shape index (κ1) is 24.0. The molecule has 3 aromatic carbocycles. The molecule has 9 heteroatoms. The molecular weight excluding hydrogens is 468 g/mol. The van der Waals surface area contributed by atoms with Crippen LogP contribution in [0, 0.1) is 0 Å². The Morgan fingerprint density at radius 1 is 0.943 bits per heavy atom. The SMILES string of the molecule is C=C(C(=O)OC)N(C)S(=O)(=O)c1ccccc1NC(=O)OCC1c2ccccc2-c2ccccc21. The number of likely N-dealkylation sites (N-methyl/N-ethyl adjacent to an activating group) is 1. The van der Waals surface area contributed by atoms with Crippen molar-refractivity contribution in [3.63, 3.8) is 0 Å². The van der Waals surface area contributed by atoms with Crippen molar-refractivity contribution in [2.45, 2.75) is 10.8 Å². The van der Waals surface area contributed by atoms with E-state index < -0.39 is 22.1 Å². The van der Waals surface area contributed by atoms with Crippen LogP contribution in [-0.2, 0) is 24.3 Å². The van der Waals surface area contributed by atoms with Crippen molar-refractivity contribution in [1.29, 1.82) is 0 Å². The zero-order chi connectivity index (χ0) is 25.2. The van der Waals surface area contributed by atoms with Gasteiger partial charge < -0.3 is 9.47 Å². The van der Waals surface area contributed by atoms with Crippen molar-refractivity contribution in [3.8, 4) is 11.1 Å². The largest absolute Gasteiger partial charge is 0.464 e. The molecule has 1 amide bonds. The Bertz CT molecular complexity index is 1370. The standard InChI is InChI=1S/C26H24N2O6S/c1-17(25(29)33-3)28(2)35(31,32)24-15-9-8-14-23(24)27-26(30)34-16-22-20-12-6-4-10-18(20)19-11-5-7-13-21(19)22/h4-15,22H,1,16H2,2-3H3,(H,27,30). The second kappa shape index (κ2) is 9.63. The van der Waals surface area contributed by atoms with Gasteiger partial charge in [-0.1, -0.05) is 67.2 Å². The van der Waals surface area contributed by atoms with Gasteiger partial charge in [0.25, 0.3) is 10.0 Å². The molecule has 0 heterocycles. The number of carbonyl (C=O) groups excluding carboxylic acids is 2. The second-order valence-corrected chi connectivity index (χ2v) is 9.80. The van der Waals surface area contributed by atoms with E-state index in [1.807, 2.05) is 48.5 Å². The number of esters is 1. The van der Waals surface area contributed by atoms with Crippen LogP contribution in [0.2, 0.25) is 0 Å². The maximum absolute atomic E-state index is 13.1. The van der Waals surface area contributed by atoms with Crippen molar-refractivity contribution in [2.24, 2.45) is 0 Å². The molecule has 0 aromatic heterocycles. The number of benzene rings is 3. The van der Waals surface area contributed by atoms with Gasteiger partial charge in [-0.2, -0.15) is 0 Å². The van der Waals surface area contributed by atoms with E-state index in [2.05, 4.69) is 16.6 Å². The molecule has 0 fully saturated rings. The highest BCUT2D eigenvalue weighted by Crippen LogP contribution is 2.44. The molecule has 0 atom stereocenters. The summed E-state index contributed by atoms with van der Waals surface area (Å²) in [5.41, 5.74) is 3.96. The summed E-state index contributed by atoms with van der Waals surface area (Å²) < 4.78 is 37.0. The van der Waals surface area contributed by atoms with Crippen LogP contribution in [0.15, 0.2) is 90.0 Å². The molecule has 0 bridgehead atoms. The summed E-state index contributed by atoms with van der Waals surface area (Å²) in [7, 11) is -1.91. The molecule has 1 aliphatic carbocycles. The smallest absolute Gasteiger partial charge is 0.411 e. The Labute approximate surface area is 203 Å². The number of hydrogen-bond acceptors (Lipinski definition) is 6. The van der Waals surface area contributed by atoms with Gasteiger partial charge >= 0.3 is 12.1 Å². The number of carbonyl (C=O) groups is 2. The van der Waals surface area contributed by atoms with Gasteiger partial charge in [0.15, 0.2) is 0 Å². The molecule has 0 aliphatic heterocycles. The summed E-state index contributed by atoms with van der Waals surface area (Å²) in [5.74, 6) is -1.03. The number of sulfonamides is 1. The normalized spacial score (nSPS) is 12.3. The molecule has 0 spiro atoms. The summed E-state index contributed by atoms with van der Waals surface area (Å²) in [6, 6.07) is 21.7. The molecule has 0 unspecified atom stereocenters. The van der Waals surface area contributed by atoms with Gasteiger partial charge in [-0.15, -0.1) is 0 Å². The number of methoxy groups -OCH3 is 1. The number of fused-ring (bicyclic) bond motifs is 3. The van der Waals surface area contributed by atoms with Crippen LogP contribution in [0.25, 0.3) is 11.1 Å². The average molecular weight is 493 g/mol. The summed E-state index contributed by atoms with van der Waals surface area (Å²) in [6.07, 6.45) is -0.802. The first-order valence-corrected chi connectivity index (χ1v) is 12.2. The molecule has 35 heavy (non-hydrogen) atoms. The number of hydrogen-bond donors (Lipinski definition) is 1. The molecule has 8 nitrogen and oxygen atoms in total. The van der Waals surface area contributed by atoms with E-state index in [4.69, 9.17) is 4.74 Å². The number of ether oxygens (including phenoxy) is 2. The fourth-order valence-corrected chi connectivity index (χ4v) is 5.39. The van der Waals surface area contributed by atoms with E-state index in [0.717, 1.165) is 29.4 Å². The lowest BCUT2D eigenvalue weighted by Gasteiger charge is -2.21. The number of amides is 1. The fourth-order valence-electron chi connectivity index (χ4n) is 4.08. The molecular formula is C26H24N2O6S. The molecule has 1 aliphatic rings. The zero-order valence-corrected chi connectivity index (χ0v) is 20.0. The lowest BCUT2D eigenvalue weighted by atomic mass is 9.98. The van der Waals surface area contributed by atoms with Crippen LogP contribution in [-0.4, -0.2) is 45.5 Å². The fraction of sp³-hybridized carbons (Fsp3) is 0.154. The summed E-state index contributed by atoms with van der Waals surface area (Å²) in [5, 5.41) is 2.51. The zero-order valence-electron chi connectivity index (χ0n) is 19.2. The Morgan fingerprint density at radius 2 is 1.49 bits per heavy atom. The number of nitrogens with zero attached hydrogens (tertiary/aromatic N) is 1. The third-order valence-electron chi connectivity index (χ3n) is 5.91. The minimum absolute atomic E-state index is 0.00855. The van der Waals surface area contributed by atoms with Crippen molar-refractivity contribution in [1.82, 2.24) is 4.31 Å². The van der Waals surface area contributed by atoms with Gasteiger partial charge in [0.05, 0.1) is 12.8 Å². The molecule has 0 radical (unpaired) electrons. The number of nitrogens with one attached hydrogen (secondary N) is 1. The van der Waals surface area contributed by atoms with E-state index >= 15 is 0 Å². The van der Waals surface area contributed by atoms with E-state index in [-0.39, 0.29) is 28.8 Å². The lowest BCUT2D eigenvalue weighted by Crippen LogP contribution is -2.31. The van der Waals surface area contributed by atoms with Gasteiger partial charge in [-0.25, -0.2) is 18.0 Å². The van der Waals surface area contributed by atoms with E-state index in [1.165, 1.54) is 25.2 Å². The van der Waals surface area contributed by atoms with Crippen molar-refractivity contribution in [2.75, 3.05) is 26.1 Å². The Hall–Kier alpha value is -4.11. The maximum Gasteiger partial charge on any atom is 0.411 e. The molecule has 0 saturated heterocycles. The number of para-hydroxylation sites is 1. The van der Waals surface area contributed by atoms with E-state index in [0.29, 0.717) is 4.31 Å². The highest BCUT2D eigenvalue weighted by molar-refractivity contribution is 7.89. The Kier molecular flexibility index (Phi) is 6.61. The van der Waals surface area contributed by atoms with Gasteiger partial charge in [0.1, 0.15) is 17.2 Å². The highest BCUT2D eigenvalue weighted by atomic mass is 32.2.